The first-order valence-electron chi connectivity index (χ1n) is 8.02. The molecule has 0 bridgehead atoms. The molecule has 2 nitrogen and oxygen atoms in total. The van der Waals surface area contributed by atoms with Gasteiger partial charge in [-0.25, -0.2) is 0 Å². The van der Waals surface area contributed by atoms with Crippen LogP contribution in [0.15, 0.2) is 23.7 Å². The van der Waals surface area contributed by atoms with Crippen LogP contribution in [0, 0.1) is 5.92 Å². The molecule has 1 saturated heterocycles. The van der Waals surface area contributed by atoms with Crippen molar-refractivity contribution in [1.82, 2.24) is 0 Å². The molecular weight excluding hydrogens is 247 g/mol. The highest BCUT2D eigenvalue weighted by atomic mass is 16.7. The van der Waals surface area contributed by atoms with Gasteiger partial charge in [-0.2, -0.15) is 0 Å². The average molecular weight is 276 g/mol. The monoisotopic (exact) mass is 276 g/mol. The quantitative estimate of drug-likeness (QED) is 0.549. The second-order valence-corrected chi connectivity index (χ2v) is 7.28. The van der Waals surface area contributed by atoms with E-state index in [-0.39, 0.29) is 18.3 Å². The molecule has 1 aliphatic heterocycles. The summed E-state index contributed by atoms with van der Waals surface area (Å²) in [6, 6.07) is 0. The Labute approximate surface area is 124 Å². The van der Waals surface area contributed by atoms with Crippen LogP contribution in [0.5, 0.6) is 0 Å². The second-order valence-electron chi connectivity index (χ2n) is 7.28. The van der Waals surface area contributed by atoms with Crippen molar-refractivity contribution >= 4 is 7.12 Å². The second kappa shape index (κ2) is 6.07. The van der Waals surface area contributed by atoms with Crippen LogP contribution in [0.1, 0.15) is 66.7 Å². The Bertz CT molecular complexity index is 374. The van der Waals surface area contributed by atoms with E-state index in [2.05, 4.69) is 52.8 Å². The van der Waals surface area contributed by atoms with E-state index in [0.29, 0.717) is 0 Å². The Kier molecular flexibility index (Phi) is 4.81. The van der Waals surface area contributed by atoms with Crippen molar-refractivity contribution in [2.45, 2.75) is 77.9 Å². The molecule has 1 aliphatic carbocycles. The Morgan fingerprint density at radius 1 is 1.00 bits per heavy atom. The highest BCUT2D eigenvalue weighted by molar-refractivity contribution is 6.54. The van der Waals surface area contributed by atoms with Gasteiger partial charge in [-0.05, 0) is 58.9 Å². The molecule has 20 heavy (non-hydrogen) atoms. The van der Waals surface area contributed by atoms with Gasteiger partial charge in [-0.3, -0.25) is 0 Å². The summed E-state index contributed by atoms with van der Waals surface area (Å²) in [6.45, 7) is 10.5. The van der Waals surface area contributed by atoms with E-state index in [1.54, 1.807) is 0 Å². The van der Waals surface area contributed by atoms with E-state index < -0.39 is 0 Å². The summed E-state index contributed by atoms with van der Waals surface area (Å²) in [4.78, 5) is 0. The summed E-state index contributed by atoms with van der Waals surface area (Å²) >= 11 is 0. The number of hydrogen-bond acceptors (Lipinski definition) is 2. The zero-order valence-corrected chi connectivity index (χ0v) is 13.7. The molecule has 0 radical (unpaired) electrons. The normalized spacial score (nSPS) is 27.4. The lowest BCUT2D eigenvalue weighted by atomic mass is 9.79. The van der Waals surface area contributed by atoms with Gasteiger partial charge in [-0.15, -0.1) is 0 Å². The molecule has 0 amide bonds. The SMILES string of the molecule is C/C(=C/C=C/C1CCCCC1)B1OC(C)(C)C(C)(C)O1. The minimum Gasteiger partial charge on any atom is -0.400 e. The zero-order chi connectivity index (χ0) is 14.8. The molecule has 2 rings (SSSR count). The van der Waals surface area contributed by atoms with Crippen molar-refractivity contribution in [2.24, 2.45) is 5.92 Å². The first-order chi connectivity index (χ1) is 9.32. The third kappa shape index (κ3) is 3.56. The van der Waals surface area contributed by atoms with Gasteiger partial charge in [0, 0.05) is 0 Å². The van der Waals surface area contributed by atoms with Gasteiger partial charge in [0.15, 0.2) is 0 Å². The highest BCUT2D eigenvalue weighted by Gasteiger charge is 2.51. The molecule has 2 fully saturated rings. The first-order valence-corrected chi connectivity index (χ1v) is 8.02. The minimum atomic E-state index is -0.250. The fraction of sp³-hybridized carbons (Fsp3) is 0.765. The van der Waals surface area contributed by atoms with Crippen LogP contribution >= 0.6 is 0 Å². The fourth-order valence-electron chi connectivity index (χ4n) is 2.80. The Morgan fingerprint density at radius 3 is 2.10 bits per heavy atom. The summed E-state index contributed by atoms with van der Waals surface area (Å²) in [5.41, 5.74) is 0.649. The average Bonchev–Trinajstić information content (AvgIpc) is 2.60. The third-order valence-corrected chi connectivity index (χ3v) is 5.02. The molecule has 0 N–H and O–H groups in total. The standard InChI is InChI=1S/C17H29BO2/c1-14(10-9-13-15-11-7-6-8-12-15)18-19-16(2,3)17(4,5)20-18/h9-10,13,15H,6-8,11-12H2,1-5H3/b13-9+,14-10-. The van der Waals surface area contributed by atoms with Gasteiger partial charge in [0.25, 0.3) is 0 Å². The molecular formula is C17H29BO2. The Hall–Kier alpha value is -0.535. The number of rotatable bonds is 3. The van der Waals surface area contributed by atoms with Crippen LogP contribution in [-0.4, -0.2) is 18.3 Å². The van der Waals surface area contributed by atoms with Crippen molar-refractivity contribution in [3.8, 4) is 0 Å². The fourth-order valence-corrected chi connectivity index (χ4v) is 2.80. The first kappa shape index (κ1) is 15.8. The predicted molar refractivity (Wildman–Crippen MR) is 85.6 cm³/mol. The third-order valence-electron chi connectivity index (χ3n) is 5.02. The molecule has 1 saturated carbocycles. The summed E-state index contributed by atoms with van der Waals surface area (Å²) in [5, 5.41) is 0. The number of hydrogen-bond donors (Lipinski definition) is 0. The van der Waals surface area contributed by atoms with Crippen LogP contribution in [0.25, 0.3) is 0 Å². The molecule has 3 heteroatoms. The molecule has 0 unspecified atom stereocenters. The van der Waals surface area contributed by atoms with Crippen LogP contribution < -0.4 is 0 Å². The van der Waals surface area contributed by atoms with E-state index in [1.807, 2.05) is 0 Å². The van der Waals surface area contributed by atoms with E-state index in [1.165, 1.54) is 32.1 Å². The minimum absolute atomic E-state index is 0.212. The predicted octanol–water partition coefficient (Wildman–Crippen LogP) is 4.70. The van der Waals surface area contributed by atoms with Crippen LogP contribution in [0.4, 0.5) is 0 Å². The van der Waals surface area contributed by atoms with E-state index >= 15 is 0 Å². The molecule has 0 atom stereocenters. The summed E-state index contributed by atoms with van der Waals surface area (Å²) in [5.74, 6) is 0.770. The van der Waals surface area contributed by atoms with E-state index in [0.717, 1.165) is 11.4 Å². The summed E-state index contributed by atoms with van der Waals surface area (Å²) < 4.78 is 12.1. The van der Waals surface area contributed by atoms with Crippen molar-refractivity contribution in [1.29, 1.82) is 0 Å². The van der Waals surface area contributed by atoms with Crippen molar-refractivity contribution in [3.63, 3.8) is 0 Å². The molecule has 1 heterocycles. The van der Waals surface area contributed by atoms with Gasteiger partial charge < -0.3 is 9.31 Å². The van der Waals surface area contributed by atoms with Gasteiger partial charge >= 0.3 is 7.12 Å². The van der Waals surface area contributed by atoms with Crippen LogP contribution in [0.3, 0.4) is 0 Å². The molecule has 112 valence electrons. The summed E-state index contributed by atoms with van der Waals surface area (Å²) in [7, 11) is -0.212. The largest absolute Gasteiger partial charge is 0.490 e. The molecule has 0 aromatic rings. The molecule has 0 aromatic heterocycles. The number of allylic oxidation sites excluding steroid dienone is 4. The zero-order valence-electron chi connectivity index (χ0n) is 13.7. The smallest absolute Gasteiger partial charge is 0.400 e. The highest BCUT2D eigenvalue weighted by Crippen LogP contribution is 2.38. The maximum absolute atomic E-state index is 6.04. The maximum Gasteiger partial charge on any atom is 0.490 e. The van der Waals surface area contributed by atoms with Gasteiger partial charge in [0.05, 0.1) is 11.2 Å². The van der Waals surface area contributed by atoms with Gasteiger partial charge in [-0.1, -0.05) is 37.5 Å². The maximum atomic E-state index is 6.04. The Balaban J connectivity index is 1.93. The molecule has 0 aromatic carbocycles. The van der Waals surface area contributed by atoms with E-state index in [4.69, 9.17) is 9.31 Å². The lowest BCUT2D eigenvalue weighted by molar-refractivity contribution is 0.00578. The van der Waals surface area contributed by atoms with Crippen molar-refractivity contribution < 1.29 is 9.31 Å². The van der Waals surface area contributed by atoms with Crippen molar-refractivity contribution in [2.75, 3.05) is 0 Å². The van der Waals surface area contributed by atoms with Crippen LogP contribution in [-0.2, 0) is 9.31 Å². The molecule has 2 aliphatic rings. The lowest BCUT2D eigenvalue weighted by Crippen LogP contribution is -2.41. The van der Waals surface area contributed by atoms with E-state index in [9.17, 15) is 0 Å². The van der Waals surface area contributed by atoms with Gasteiger partial charge in [0.1, 0.15) is 0 Å². The van der Waals surface area contributed by atoms with Gasteiger partial charge in [0.2, 0.25) is 0 Å². The summed E-state index contributed by atoms with van der Waals surface area (Å²) in [6.07, 6.45) is 13.6. The topological polar surface area (TPSA) is 18.5 Å². The lowest BCUT2D eigenvalue weighted by Gasteiger charge is -2.32. The van der Waals surface area contributed by atoms with Crippen molar-refractivity contribution in [3.05, 3.63) is 23.7 Å². The Morgan fingerprint density at radius 2 is 1.55 bits per heavy atom. The molecule has 0 spiro atoms. The van der Waals surface area contributed by atoms with Crippen LogP contribution in [0.2, 0.25) is 0 Å².